The Bertz CT molecular complexity index is 702. The van der Waals surface area contributed by atoms with Crippen molar-refractivity contribution in [2.24, 2.45) is 0 Å². The van der Waals surface area contributed by atoms with Crippen LogP contribution in [0.1, 0.15) is 10.5 Å². The summed E-state index contributed by atoms with van der Waals surface area (Å²) in [5.74, 6) is 0.868. The third-order valence-corrected chi connectivity index (χ3v) is 3.54. The number of anilines is 2. The molecule has 0 aliphatic rings. The average molecular weight is 344 g/mol. The molecule has 0 atom stereocenters. The van der Waals surface area contributed by atoms with Crippen molar-refractivity contribution in [2.45, 2.75) is 0 Å². The fourth-order valence-corrected chi connectivity index (χ4v) is 2.15. The van der Waals surface area contributed by atoms with E-state index in [1.165, 1.54) is 0 Å². The van der Waals surface area contributed by atoms with Crippen molar-refractivity contribution < 1.29 is 14.3 Å². The van der Waals surface area contributed by atoms with Crippen LogP contribution in [-0.2, 0) is 0 Å². The summed E-state index contributed by atoms with van der Waals surface area (Å²) in [4.78, 5) is 18.7. The van der Waals surface area contributed by atoms with E-state index in [1.807, 2.05) is 20.2 Å². The van der Waals surface area contributed by atoms with Gasteiger partial charge in [-0.05, 0) is 38.4 Å². The van der Waals surface area contributed by atoms with Gasteiger partial charge in [-0.1, -0.05) is 0 Å². The fraction of sp³-hybridized carbons (Fsp3) is 0.333. The van der Waals surface area contributed by atoms with E-state index in [0.717, 1.165) is 18.8 Å². The van der Waals surface area contributed by atoms with Crippen LogP contribution in [0.2, 0.25) is 0 Å². The van der Waals surface area contributed by atoms with Crippen LogP contribution in [0.15, 0.2) is 36.5 Å². The Morgan fingerprint density at radius 3 is 2.56 bits per heavy atom. The molecular weight excluding hydrogens is 320 g/mol. The molecule has 0 unspecified atom stereocenters. The smallest absolute Gasteiger partial charge is 0.274 e. The largest absolute Gasteiger partial charge is 0.497 e. The molecule has 0 aliphatic heterocycles. The molecule has 0 radical (unpaired) electrons. The highest BCUT2D eigenvalue weighted by Gasteiger charge is 2.12. The number of rotatable bonds is 8. The molecule has 1 amide bonds. The summed E-state index contributed by atoms with van der Waals surface area (Å²) in [5, 5.41) is 6.05. The number of carbonyl (C=O) groups is 1. The maximum Gasteiger partial charge on any atom is 0.274 e. The first-order chi connectivity index (χ1) is 12.0. The van der Waals surface area contributed by atoms with Crippen molar-refractivity contribution in [1.29, 1.82) is 0 Å². The van der Waals surface area contributed by atoms with Crippen LogP contribution in [0.5, 0.6) is 11.5 Å². The number of hydrogen-bond acceptors (Lipinski definition) is 6. The van der Waals surface area contributed by atoms with E-state index in [4.69, 9.17) is 9.47 Å². The van der Waals surface area contributed by atoms with Gasteiger partial charge in [0.1, 0.15) is 17.2 Å². The van der Waals surface area contributed by atoms with Crippen molar-refractivity contribution in [1.82, 2.24) is 9.88 Å². The topological polar surface area (TPSA) is 75.7 Å². The lowest BCUT2D eigenvalue weighted by Gasteiger charge is -2.12. The lowest BCUT2D eigenvalue weighted by molar-refractivity contribution is 0.102. The highest BCUT2D eigenvalue weighted by atomic mass is 16.5. The number of nitrogens with one attached hydrogen (secondary N) is 2. The van der Waals surface area contributed by atoms with Crippen LogP contribution >= 0.6 is 0 Å². The second-order valence-electron chi connectivity index (χ2n) is 5.68. The molecule has 2 aromatic rings. The van der Waals surface area contributed by atoms with E-state index in [1.54, 1.807) is 44.7 Å². The van der Waals surface area contributed by atoms with Gasteiger partial charge >= 0.3 is 0 Å². The Kier molecular flexibility index (Phi) is 6.59. The monoisotopic (exact) mass is 344 g/mol. The van der Waals surface area contributed by atoms with Crippen LogP contribution in [0.4, 0.5) is 11.4 Å². The van der Waals surface area contributed by atoms with E-state index in [9.17, 15) is 4.79 Å². The maximum atomic E-state index is 12.4. The molecule has 134 valence electrons. The number of benzene rings is 1. The molecule has 1 aromatic heterocycles. The van der Waals surface area contributed by atoms with Crippen LogP contribution in [0.3, 0.4) is 0 Å². The zero-order chi connectivity index (χ0) is 18.2. The maximum absolute atomic E-state index is 12.4. The third kappa shape index (κ3) is 5.36. The number of methoxy groups -OCH3 is 2. The first-order valence-electron chi connectivity index (χ1n) is 7.91. The molecule has 7 nitrogen and oxygen atoms in total. The van der Waals surface area contributed by atoms with E-state index in [-0.39, 0.29) is 5.91 Å². The van der Waals surface area contributed by atoms with Gasteiger partial charge in [0.2, 0.25) is 0 Å². The van der Waals surface area contributed by atoms with E-state index >= 15 is 0 Å². The van der Waals surface area contributed by atoms with Crippen molar-refractivity contribution in [3.63, 3.8) is 0 Å². The highest BCUT2D eigenvalue weighted by Crippen LogP contribution is 2.29. The summed E-state index contributed by atoms with van der Waals surface area (Å²) >= 11 is 0. The molecule has 1 heterocycles. The number of amides is 1. The van der Waals surface area contributed by atoms with Gasteiger partial charge in [0, 0.05) is 19.2 Å². The van der Waals surface area contributed by atoms with Gasteiger partial charge in [-0.3, -0.25) is 4.79 Å². The zero-order valence-electron chi connectivity index (χ0n) is 15.0. The molecule has 0 fully saturated rings. The first-order valence-corrected chi connectivity index (χ1v) is 7.91. The van der Waals surface area contributed by atoms with Gasteiger partial charge in [-0.25, -0.2) is 4.98 Å². The standard InChI is InChI=1S/C18H24N4O3/c1-22(2)10-9-19-13-5-7-15(20-12-13)18(23)21-16-11-14(24-3)6-8-17(16)25-4/h5-8,11-12,19H,9-10H2,1-4H3,(H,21,23). The first kappa shape index (κ1) is 18.5. The summed E-state index contributed by atoms with van der Waals surface area (Å²) in [6, 6.07) is 8.72. The number of carbonyl (C=O) groups excluding carboxylic acids is 1. The molecule has 0 aliphatic carbocycles. The molecule has 2 N–H and O–H groups in total. The molecule has 2 rings (SSSR count). The lowest BCUT2D eigenvalue weighted by Crippen LogP contribution is -2.21. The Morgan fingerprint density at radius 1 is 1.16 bits per heavy atom. The van der Waals surface area contributed by atoms with Gasteiger partial charge in [0.05, 0.1) is 31.8 Å². The minimum atomic E-state index is -0.314. The van der Waals surface area contributed by atoms with Crippen molar-refractivity contribution in [2.75, 3.05) is 52.0 Å². The number of pyridine rings is 1. The predicted octanol–water partition coefficient (Wildman–Crippen LogP) is 2.32. The molecule has 25 heavy (non-hydrogen) atoms. The summed E-state index contributed by atoms with van der Waals surface area (Å²) in [6.45, 7) is 1.72. The molecule has 1 aromatic carbocycles. The Labute approximate surface area is 148 Å². The summed E-state index contributed by atoms with van der Waals surface area (Å²) in [6.07, 6.45) is 1.65. The van der Waals surface area contributed by atoms with Gasteiger partial charge in [-0.2, -0.15) is 0 Å². The molecule has 7 heteroatoms. The molecular formula is C18H24N4O3. The van der Waals surface area contributed by atoms with Crippen LogP contribution in [0, 0.1) is 0 Å². The number of likely N-dealkylation sites (N-methyl/N-ethyl adjacent to an activating group) is 1. The summed E-state index contributed by atoms with van der Waals surface area (Å²) in [5.41, 5.74) is 1.72. The van der Waals surface area contributed by atoms with Gasteiger partial charge in [0.15, 0.2) is 0 Å². The number of aromatic nitrogens is 1. The minimum Gasteiger partial charge on any atom is -0.497 e. The van der Waals surface area contributed by atoms with E-state index < -0.39 is 0 Å². The SMILES string of the molecule is COc1ccc(OC)c(NC(=O)c2ccc(NCCN(C)C)cn2)c1. The Morgan fingerprint density at radius 2 is 1.96 bits per heavy atom. The van der Waals surface area contributed by atoms with Crippen LogP contribution < -0.4 is 20.1 Å². The fourth-order valence-electron chi connectivity index (χ4n) is 2.15. The minimum absolute atomic E-state index is 0.314. The highest BCUT2D eigenvalue weighted by molar-refractivity contribution is 6.03. The third-order valence-electron chi connectivity index (χ3n) is 3.54. The van der Waals surface area contributed by atoms with E-state index in [2.05, 4.69) is 20.5 Å². The van der Waals surface area contributed by atoms with Gasteiger partial charge < -0.3 is 25.0 Å². The van der Waals surface area contributed by atoms with Crippen molar-refractivity contribution in [3.8, 4) is 11.5 Å². The predicted molar refractivity (Wildman–Crippen MR) is 98.8 cm³/mol. The molecule has 0 saturated carbocycles. The number of nitrogens with zero attached hydrogens (tertiary/aromatic N) is 2. The van der Waals surface area contributed by atoms with Gasteiger partial charge in [-0.15, -0.1) is 0 Å². The van der Waals surface area contributed by atoms with Crippen molar-refractivity contribution in [3.05, 3.63) is 42.2 Å². The van der Waals surface area contributed by atoms with Crippen molar-refractivity contribution >= 4 is 17.3 Å². The molecule has 0 bridgehead atoms. The number of ether oxygens (including phenoxy) is 2. The van der Waals surface area contributed by atoms with E-state index in [0.29, 0.717) is 22.9 Å². The lowest BCUT2D eigenvalue weighted by atomic mass is 10.2. The summed E-state index contributed by atoms with van der Waals surface area (Å²) in [7, 11) is 7.14. The Balaban J connectivity index is 2.03. The number of hydrogen-bond donors (Lipinski definition) is 2. The average Bonchev–Trinajstić information content (AvgIpc) is 2.61. The Hall–Kier alpha value is -2.80. The second-order valence-corrected chi connectivity index (χ2v) is 5.68. The van der Waals surface area contributed by atoms with Crippen LogP contribution in [0.25, 0.3) is 0 Å². The second kappa shape index (κ2) is 8.89. The summed E-state index contributed by atoms with van der Waals surface area (Å²) < 4.78 is 10.4. The van der Waals surface area contributed by atoms with Gasteiger partial charge in [0.25, 0.3) is 5.91 Å². The zero-order valence-corrected chi connectivity index (χ0v) is 15.0. The molecule has 0 saturated heterocycles. The normalized spacial score (nSPS) is 10.4. The quantitative estimate of drug-likeness (QED) is 0.765. The van der Waals surface area contributed by atoms with Crippen LogP contribution in [-0.4, -0.2) is 57.2 Å². The molecule has 0 spiro atoms.